The first-order valence-corrected chi connectivity index (χ1v) is 11.3. The minimum atomic E-state index is -0.242. The molecule has 1 aromatic heterocycles. The molecule has 0 aliphatic carbocycles. The van der Waals surface area contributed by atoms with Gasteiger partial charge in [0.2, 0.25) is 5.89 Å². The third kappa shape index (κ3) is 5.02. The molecule has 4 unspecified atom stereocenters. The lowest BCUT2D eigenvalue weighted by molar-refractivity contribution is 0.0307. The summed E-state index contributed by atoms with van der Waals surface area (Å²) in [4.78, 5) is 6.97. The van der Waals surface area contributed by atoms with Crippen LogP contribution < -0.4 is 10.1 Å². The van der Waals surface area contributed by atoms with Crippen LogP contribution in [0.2, 0.25) is 0 Å². The number of aryl methyl sites for hydroxylation is 1. The van der Waals surface area contributed by atoms with Gasteiger partial charge in [0.1, 0.15) is 0 Å². The second-order valence-corrected chi connectivity index (χ2v) is 8.91. The number of hydrogen-bond donors (Lipinski definition) is 2. The van der Waals surface area contributed by atoms with E-state index >= 15 is 0 Å². The first kappa shape index (κ1) is 21.3. The summed E-state index contributed by atoms with van der Waals surface area (Å²) in [5.41, 5.74) is 2.70. The highest BCUT2D eigenvalue weighted by Crippen LogP contribution is 2.37. The van der Waals surface area contributed by atoms with E-state index in [4.69, 9.17) is 9.26 Å². The van der Waals surface area contributed by atoms with Gasteiger partial charge in [-0.25, -0.2) is 0 Å². The molecule has 0 bridgehead atoms. The van der Waals surface area contributed by atoms with Crippen LogP contribution in [-0.2, 0) is 6.42 Å². The third-order valence-corrected chi connectivity index (χ3v) is 6.25. The van der Waals surface area contributed by atoms with Crippen molar-refractivity contribution in [2.75, 3.05) is 19.6 Å². The molecule has 2 aliphatic rings. The van der Waals surface area contributed by atoms with Gasteiger partial charge in [-0.15, -0.1) is 0 Å². The molecule has 2 fully saturated rings. The maximum atomic E-state index is 10.2. The smallest absolute Gasteiger partial charge is 0.354 e. The lowest BCUT2D eigenvalue weighted by Gasteiger charge is -2.43. The Morgan fingerprint density at radius 2 is 1.97 bits per heavy atom. The van der Waals surface area contributed by atoms with E-state index < -0.39 is 0 Å². The van der Waals surface area contributed by atoms with Gasteiger partial charge in [0, 0.05) is 19.5 Å². The van der Waals surface area contributed by atoms with Crippen molar-refractivity contribution >= 4 is 0 Å². The molecule has 1 aromatic carbocycles. The molecule has 7 nitrogen and oxygen atoms in total. The summed E-state index contributed by atoms with van der Waals surface area (Å²) in [7, 11) is 0. The van der Waals surface area contributed by atoms with Crippen LogP contribution in [0.1, 0.15) is 68.9 Å². The van der Waals surface area contributed by atoms with Crippen LogP contribution in [0.5, 0.6) is 6.01 Å². The highest BCUT2D eigenvalue weighted by atomic mass is 16.6. The van der Waals surface area contributed by atoms with Crippen molar-refractivity contribution in [3.8, 4) is 6.01 Å². The van der Waals surface area contributed by atoms with Gasteiger partial charge in [-0.05, 0) is 61.9 Å². The van der Waals surface area contributed by atoms with Crippen molar-refractivity contribution in [3.05, 3.63) is 41.3 Å². The van der Waals surface area contributed by atoms with Gasteiger partial charge >= 0.3 is 6.01 Å². The van der Waals surface area contributed by atoms with Crippen LogP contribution in [0, 0.1) is 0 Å². The Morgan fingerprint density at radius 3 is 2.67 bits per heavy atom. The molecule has 0 radical (unpaired) electrons. The van der Waals surface area contributed by atoms with E-state index in [1.807, 2.05) is 13.8 Å². The molecule has 2 aliphatic heterocycles. The Balaban J connectivity index is 1.56. The van der Waals surface area contributed by atoms with Gasteiger partial charge in [-0.3, -0.25) is 4.90 Å². The molecule has 0 spiro atoms. The minimum Gasteiger partial charge on any atom is -0.459 e. The molecule has 164 valence electrons. The van der Waals surface area contributed by atoms with Gasteiger partial charge in [-0.2, -0.15) is 4.98 Å². The van der Waals surface area contributed by atoms with Crippen LogP contribution in [0.25, 0.3) is 0 Å². The van der Waals surface area contributed by atoms with Crippen LogP contribution in [-0.4, -0.2) is 58.2 Å². The molecule has 2 saturated heterocycles. The normalized spacial score (nSPS) is 28.0. The van der Waals surface area contributed by atoms with Crippen LogP contribution in [0.3, 0.4) is 0 Å². The summed E-state index contributed by atoms with van der Waals surface area (Å²) in [6.07, 6.45) is 3.51. The van der Waals surface area contributed by atoms with Crippen molar-refractivity contribution in [2.24, 2.45) is 0 Å². The fraction of sp³-hybridized carbons (Fsp3) is 0.652. The number of ether oxygens (including phenoxy) is 1. The summed E-state index contributed by atoms with van der Waals surface area (Å²) >= 11 is 0. The second-order valence-electron chi connectivity index (χ2n) is 8.91. The van der Waals surface area contributed by atoms with E-state index in [2.05, 4.69) is 51.5 Å². The predicted octanol–water partition coefficient (Wildman–Crippen LogP) is 3.06. The van der Waals surface area contributed by atoms with E-state index in [1.54, 1.807) is 0 Å². The summed E-state index contributed by atoms with van der Waals surface area (Å²) in [6.45, 7) is 8.71. The maximum Gasteiger partial charge on any atom is 0.354 e. The average molecular weight is 415 g/mol. The lowest BCUT2D eigenvalue weighted by Crippen LogP contribution is -2.55. The number of nitrogens with one attached hydrogen (secondary N) is 1. The topological polar surface area (TPSA) is 83.7 Å². The summed E-state index contributed by atoms with van der Waals surface area (Å²) in [5.74, 6) is 1.14. The number of aromatic nitrogens is 2. The summed E-state index contributed by atoms with van der Waals surface area (Å²) in [5, 5.41) is 17.8. The summed E-state index contributed by atoms with van der Waals surface area (Å²) < 4.78 is 11.2. The standard InChI is InChI=1S/C23H34N4O3/c1-4-16-5-7-17(8-6-16)18-11-19(22-25-23(26-30-22)29-15(2)3)14-27(13-18)21-12-20(28)9-10-24-21/h5-8,15,18-21,24,28H,4,9-14H2,1-3H3. The minimum absolute atomic E-state index is 0.0102. The lowest BCUT2D eigenvalue weighted by atomic mass is 9.83. The molecule has 2 N–H and O–H groups in total. The number of nitrogens with zero attached hydrogens (tertiary/aromatic N) is 3. The van der Waals surface area contributed by atoms with E-state index in [9.17, 15) is 5.11 Å². The van der Waals surface area contributed by atoms with Crippen LogP contribution in [0.15, 0.2) is 28.8 Å². The largest absolute Gasteiger partial charge is 0.459 e. The zero-order chi connectivity index (χ0) is 21.1. The number of piperidine rings is 2. The van der Waals surface area contributed by atoms with Crippen LogP contribution >= 0.6 is 0 Å². The second kappa shape index (κ2) is 9.45. The highest BCUT2D eigenvalue weighted by Gasteiger charge is 2.37. The third-order valence-electron chi connectivity index (χ3n) is 6.25. The Labute approximate surface area is 178 Å². The molecule has 30 heavy (non-hydrogen) atoms. The Bertz CT molecular complexity index is 807. The Hall–Kier alpha value is -1.96. The molecule has 2 aromatic rings. The Morgan fingerprint density at radius 1 is 1.20 bits per heavy atom. The van der Waals surface area contributed by atoms with Crippen molar-refractivity contribution in [1.82, 2.24) is 20.4 Å². The number of aliphatic hydroxyl groups excluding tert-OH is 1. The van der Waals surface area contributed by atoms with Gasteiger partial charge in [0.15, 0.2) is 0 Å². The van der Waals surface area contributed by atoms with Gasteiger partial charge < -0.3 is 19.7 Å². The SMILES string of the molecule is CCc1ccc(C2CC(c3nc(OC(C)C)no3)CN(C3CC(O)CCN3)C2)cc1. The average Bonchev–Trinajstić information content (AvgIpc) is 3.21. The molecular weight excluding hydrogens is 380 g/mol. The summed E-state index contributed by atoms with van der Waals surface area (Å²) in [6, 6.07) is 9.29. The zero-order valence-electron chi connectivity index (χ0n) is 18.3. The molecule has 0 amide bonds. The number of aliphatic hydroxyl groups is 1. The van der Waals surface area contributed by atoms with Crippen molar-refractivity contribution in [1.29, 1.82) is 0 Å². The van der Waals surface area contributed by atoms with Gasteiger partial charge in [-0.1, -0.05) is 31.2 Å². The van der Waals surface area contributed by atoms with E-state index in [0.29, 0.717) is 17.8 Å². The fourth-order valence-electron chi connectivity index (χ4n) is 4.63. The molecule has 4 atom stereocenters. The molecule has 4 rings (SSSR count). The number of hydrogen-bond acceptors (Lipinski definition) is 7. The highest BCUT2D eigenvalue weighted by molar-refractivity contribution is 5.27. The van der Waals surface area contributed by atoms with E-state index in [-0.39, 0.29) is 24.3 Å². The molecule has 3 heterocycles. The molecular formula is C23H34N4O3. The van der Waals surface area contributed by atoms with E-state index in [1.165, 1.54) is 11.1 Å². The molecule has 7 heteroatoms. The van der Waals surface area contributed by atoms with Crippen molar-refractivity contribution in [3.63, 3.8) is 0 Å². The number of likely N-dealkylation sites (tertiary alicyclic amines) is 1. The van der Waals surface area contributed by atoms with Crippen LogP contribution in [0.4, 0.5) is 0 Å². The monoisotopic (exact) mass is 414 g/mol. The maximum absolute atomic E-state index is 10.2. The van der Waals surface area contributed by atoms with Crippen molar-refractivity contribution < 1.29 is 14.4 Å². The number of benzene rings is 1. The quantitative estimate of drug-likeness (QED) is 0.751. The van der Waals surface area contributed by atoms with E-state index in [0.717, 1.165) is 45.3 Å². The first-order valence-electron chi connectivity index (χ1n) is 11.3. The zero-order valence-corrected chi connectivity index (χ0v) is 18.3. The van der Waals surface area contributed by atoms with Crippen molar-refractivity contribution in [2.45, 2.75) is 76.7 Å². The Kier molecular flexibility index (Phi) is 6.71. The first-order chi connectivity index (χ1) is 14.5. The molecule has 0 saturated carbocycles. The van der Waals surface area contributed by atoms with Gasteiger partial charge in [0.05, 0.1) is 24.3 Å². The predicted molar refractivity (Wildman–Crippen MR) is 115 cm³/mol. The number of rotatable bonds is 6. The van der Waals surface area contributed by atoms with Gasteiger partial charge in [0.25, 0.3) is 0 Å². The fourth-order valence-corrected chi connectivity index (χ4v) is 4.63.